The van der Waals surface area contributed by atoms with Crippen LogP contribution in [0.2, 0.25) is 0 Å². The number of nitrogens with zero attached hydrogens (tertiary/aromatic N) is 1. The first kappa shape index (κ1) is 18.5. The first-order valence-electron chi connectivity index (χ1n) is 8.75. The molecule has 1 aromatic rings. The van der Waals surface area contributed by atoms with Crippen molar-refractivity contribution in [3.05, 3.63) is 35.9 Å². The van der Waals surface area contributed by atoms with Gasteiger partial charge in [0.25, 0.3) is 0 Å². The Labute approximate surface area is 144 Å². The number of amides is 2. The third kappa shape index (κ3) is 5.06. The van der Waals surface area contributed by atoms with Gasteiger partial charge in [0.1, 0.15) is 6.04 Å². The molecule has 1 aliphatic rings. The van der Waals surface area contributed by atoms with E-state index in [4.69, 9.17) is 0 Å². The minimum atomic E-state index is -0.413. The normalized spacial score (nSPS) is 17.5. The highest BCUT2D eigenvalue weighted by Crippen LogP contribution is 2.28. The maximum absolute atomic E-state index is 12.7. The van der Waals surface area contributed by atoms with Crippen LogP contribution in [0.5, 0.6) is 0 Å². The minimum Gasteiger partial charge on any atom is -0.352 e. The van der Waals surface area contributed by atoms with Crippen molar-refractivity contribution >= 4 is 11.8 Å². The summed E-state index contributed by atoms with van der Waals surface area (Å²) >= 11 is 0. The largest absolute Gasteiger partial charge is 0.352 e. The van der Waals surface area contributed by atoms with Crippen molar-refractivity contribution in [3.8, 4) is 0 Å². The van der Waals surface area contributed by atoms with Gasteiger partial charge in [-0.25, -0.2) is 0 Å². The molecule has 0 spiro atoms. The highest BCUT2D eigenvalue weighted by Gasteiger charge is 2.31. The van der Waals surface area contributed by atoms with E-state index in [-0.39, 0.29) is 23.8 Å². The molecule has 0 saturated heterocycles. The highest BCUT2D eigenvalue weighted by atomic mass is 16.2. The molecule has 0 aromatic heterocycles. The van der Waals surface area contributed by atoms with Crippen LogP contribution in [-0.4, -0.2) is 43.4 Å². The summed E-state index contributed by atoms with van der Waals surface area (Å²) in [5.41, 5.74) is 1.17. The number of benzene rings is 1. The predicted molar refractivity (Wildman–Crippen MR) is 95.4 cm³/mol. The molecule has 2 amide bonds. The van der Waals surface area contributed by atoms with Crippen LogP contribution in [0.25, 0.3) is 0 Å². The van der Waals surface area contributed by atoms with Gasteiger partial charge in [-0.15, -0.1) is 0 Å². The molecule has 0 aliphatic heterocycles. The summed E-state index contributed by atoms with van der Waals surface area (Å²) in [5.74, 6) is 0.0394. The molecule has 1 saturated carbocycles. The molecular weight excluding hydrogens is 302 g/mol. The molecule has 2 unspecified atom stereocenters. The molecule has 1 fully saturated rings. The molecule has 24 heavy (non-hydrogen) atoms. The van der Waals surface area contributed by atoms with Gasteiger partial charge in [-0.05, 0) is 38.4 Å². The molecule has 1 aliphatic carbocycles. The van der Waals surface area contributed by atoms with Gasteiger partial charge < -0.3 is 15.5 Å². The van der Waals surface area contributed by atoms with E-state index in [2.05, 4.69) is 27.7 Å². The van der Waals surface area contributed by atoms with Crippen LogP contribution in [0.3, 0.4) is 0 Å². The van der Waals surface area contributed by atoms with E-state index in [9.17, 15) is 9.59 Å². The lowest BCUT2D eigenvalue weighted by Crippen LogP contribution is -2.51. The Bertz CT molecular complexity index is 539. The fraction of sp³-hybridized carbons (Fsp3) is 0.579. The molecule has 5 nitrogen and oxygen atoms in total. The van der Waals surface area contributed by atoms with E-state index in [1.807, 2.05) is 32.3 Å². The summed E-state index contributed by atoms with van der Waals surface area (Å²) in [6, 6.07) is 9.83. The van der Waals surface area contributed by atoms with Gasteiger partial charge in [-0.3, -0.25) is 9.59 Å². The Balaban J connectivity index is 2.01. The smallest absolute Gasteiger partial charge is 0.242 e. The van der Waals surface area contributed by atoms with Crippen LogP contribution >= 0.6 is 0 Å². The van der Waals surface area contributed by atoms with E-state index >= 15 is 0 Å². The lowest BCUT2D eigenvalue weighted by atomic mass is 9.97. The molecule has 2 rings (SSSR count). The number of rotatable bonds is 7. The second kappa shape index (κ2) is 8.83. The SMILES string of the molecule is CC(=O)NC(C(=O)NCC(c1ccccc1)N(C)C)C1CCCC1. The summed E-state index contributed by atoms with van der Waals surface area (Å²) in [6.07, 6.45) is 4.29. The number of carbonyl (C=O) groups is 2. The second-order valence-electron chi connectivity index (χ2n) is 6.86. The zero-order valence-corrected chi connectivity index (χ0v) is 14.9. The zero-order valence-electron chi connectivity index (χ0n) is 14.9. The topological polar surface area (TPSA) is 61.4 Å². The Morgan fingerprint density at radius 2 is 1.79 bits per heavy atom. The minimum absolute atomic E-state index is 0.0696. The summed E-state index contributed by atoms with van der Waals surface area (Å²) in [5, 5.41) is 5.90. The molecule has 0 bridgehead atoms. The van der Waals surface area contributed by atoms with E-state index in [0.29, 0.717) is 6.54 Å². The van der Waals surface area contributed by atoms with Gasteiger partial charge in [-0.2, -0.15) is 0 Å². The monoisotopic (exact) mass is 331 g/mol. The van der Waals surface area contributed by atoms with Gasteiger partial charge in [0.2, 0.25) is 11.8 Å². The quantitative estimate of drug-likeness (QED) is 0.804. The lowest BCUT2D eigenvalue weighted by Gasteiger charge is -2.28. The Hall–Kier alpha value is -1.88. The average Bonchev–Trinajstić information content (AvgIpc) is 3.07. The zero-order chi connectivity index (χ0) is 17.5. The second-order valence-corrected chi connectivity index (χ2v) is 6.86. The van der Waals surface area contributed by atoms with Crippen LogP contribution in [0.1, 0.15) is 44.2 Å². The molecule has 5 heteroatoms. The van der Waals surface area contributed by atoms with Gasteiger partial charge >= 0.3 is 0 Å². The van der Waals surface area contributed by atoms with Gasteiger partial charge in [0.05, 0.1) is 6.04 Å². The molecule has 132 valence electrons. The summed E-state index contributed by atoms with van der Waals surface area (Å²) < 4.78 is 0. The van der Waals surface area contributed by atoms with Crippen molar-refractivity contribution in [2.75, 3.05) is 20.6 Å². The Kier molecular flexibility index (Phi) is 6.79. The van der Waals surface area contributed by atoms with Crippen LogP contribution in [0, 0.1) is 5.92 Å². The average molecular weight is 331 g/mol. The third-order valence-corrected chi connectivity index (χ3v) is 4.79. The maximum Gasteiger partial charge on any atom is 0.242 e. The van der Waals surface area contributed by atoms with Crippen LogP contribution in [0.15, 0.2) is 30.3 Å². The summed E-state index contributed by atoms with van der Waals surface area (Å²) in [4.78, 5) is 26.3. The molecule has 1 aromatic carbocycles. The van der Waals surface area contributed by atoms with Crippen LogP contribution in [0.4, 0.5) is 0 Å². The predicted octanol–water partition coefficient (Wildman–Crippen LogP) is 2.10. The Morgan fingerprint density at radius 1 is 1.17 bits per heavy atom. The summed E-state index contributed by atoms with van der Waals surface area (Å²) in [7, 11) is 4.01. The van der Waals surface area contributed by atoms with Crippen molar-refractivity contribution in [1.82, 2.24) is 15.5 Å². The number of hydrogen-bond donors (Lipinski definition) is 2. The van der Waals surface area contributed by atoms with Crippen molar-refractivity contribution < 1.29 is 9.59 Å². The number of carbonyl (C=O) groups excluding carboxylic acids is 2. The van der Waals surface area contributed by atoms with E-state index < -0.39 is 6.04 Å². The highest BCUT2D eigenvalue weighted by molar-refractivity contribution is 5.87. The standard InChI is InChI=1S/C19H29N3O2/c1-14(23)21-18(16-11-7-8-12-16)19(24)20-13-17(22(2)3)15-9-5-4-6-10-15/h4-6,9-10,16-18H,7-8,11-13H2,1-3H3,(H,20,24)(H,21,23). The first-order chi connectivity index (χ1) is 11.5. The molecule has 2 atom stereocenters. The van der Waals surface area contributed by atoms with Gasteiger partial charge in [-0.1, -0.05) is 43.2 Å². The van der Waals surface area contributed by atoms with E-state index in [1.165, 1.54) is 12.5 Å². The fourth-order valence-electron chi connectivity index (χ4n) is 3.49. The molecule has 2 N–H and O–H groups in total. The van der Waals surface area contributed by atoms with Crippen LogP contribution < -0.4 is 10.6 Å². The van der Waals surface area contributed by atoms with E-state index in [0.717, 1.165) is 25.7 Å². The first-order valence-corrected chi connectivity index (χ1v) is 8.75. The van der Waals surface area contributed by atoms with Crippen LogP contribution in [-0.2, 0) is 9.59 Å². The molecule has 0 radical (unpaired) electrons. The van der Waals surface area contributed by atoms with Crippen molar-refractivity contribution in [3.63, 3.8) is 0 Å². The van der Waals surface area contributed by atoms with E-state index in [1.54, 1.807) is 0 Å². The fourth-order valence-corrected chi connectivity index (χ4v) is 3.49. The van der Waals surface area contributed by atoms with Gasteiger partial charge in [0.15, 0.2) is 0 Å². The third-order valence-electron chi connectivity index (χ3n) is 4.79. The van der Waals surface area contributed by atoms with Gasteiger partial charge in [0, 0.05) is 13.5 Å². The lowest BCUT2D eigenvalue weighted by molar-refractivity contribution is -0.129. The van der Waals surface area contributed by atoms with Crippen molar-refractivity contribution in [1.29, 1.82) is 0 Å². The van der Waals surface area contributed by atoms with Crippen molar-refractivity contribution in [2.24, 2.45) is 5.92 Å². The summed E-state index contributed by atoms with van der Waals surface area (Å²) in [6.45, 7) is 2.00. The number of hydrogen-bond acceptors (Lipinski definition) is 3. The number of likely N-dealkylation sites (N-methyl/N-ethyl adjacent to an activating group) is 1. The maximum atomic E-state index is 12.7. The Morgan fingerprint density at radius 3 is 2.33 bits per heavy atom. The number of nitrogens with one attached hydrogen (secondary N) is 2. The van der Waals surface area contributed by atoms with Crippen molar-refractivity contribution in [2.45, 2.75) is 44.7 Å². The molecule has 0 heterocycles. The molecular formula is C19H29N3O2.